The summed E-state index contributed by atoms with van der Waals surface area (Å²) in [4.78, 5) is 20.6. The number of nitrogens with zero attached hydrogens (tertiary/aromatic N) is 1. The first kappa shape index (κ1) is 14.5. The highest BCUT2D eigenvalue weighted by Crippen LogP contribution is 2.32. The summed E-state index contributed by atoms with van der Waals surface area (Å²) in [7, 11) is 0. The zero-order valence-corrected chi connectivity index (χ0v) is 12.6. The molecule has 0 aliphatic rings. The van der Waals surface area contributed by atoms with E-state index < -0.39 is 5.97 Å². The van der Waals surface area contributed by atoms with Crippen molar-refractivity contribution in [2.24, 2.45) is 5.90 Å². The van der Waals surface area contributed by atoms with E-state index in [1.54, 1.807) is 24.4 Å². The third kappa shape index (κ3) is 2.54. The van der Waals surface area contributed by atoms with Gasteiger partial charge in [0.05, 0.1) is 11.1 Å². The van der Waals surface area contributed by atoms with Crippen LogP contribution in [0.3, 0.4) is 0 Å². The van der Waals surface area contributed by atoms with Gasteiger partial charge in [0.25, 0.3) is 0 Å². The van der Waals surface area contributed by atoms with E-state index in [4.69, 9.17) is 17.5 Å². The summed E-state index contributed by atoms with van der Waals surface area (Å²) >= 11 is 6.02. The van der Waals surface area contributed by atoms with Gasteiger partial charge < -0.3 is 4.84 Å². The fourth-order valence-corrected chi connectivity index (χ4v) is 2.64. The van der Waals surface area contributed by atoms with Crippen LogP contribution < -0.4 is 5.90 Å². The lowest BCUT2D eigenvalue weighted by molar-refractivity contribution is 0.0504. The Labute approximate surface area is 132 Å². The highest BCUT2D eigenvalue weighted by atomic mass is 35.5. The zero-order chi connectivity index (χ0) is 15.7. The Morgan fingerprint density at radius 3 is 2.73 bits per heavy atom. The van der Waals surface area contributed by atoms with Crippen LogP contribution in [0.15, 0.2) is 48.7 Å². The SMILES string of the molecule is Cc1ccc(C(=O)ON)c(-c2ccnc3cc(Cl)ccc23)c1. The van der Waals surface area contributed by atoms with Crippen molar-refractivity contribution in [3.8, 4) is 11.1 Å². The minimum absolute atomic E-state index is 0.413. The summed E-state index contributed by atoms with van der Waals surface area (Å²) in [6, 6.07) is 12.8. The van der Waals surface area contributed by atoms with Crippen molar-refractivity contribution in [1.82, 2.24) is 4.98 Å². The lowest BCUT2D eigenvalue weighted by Crippen LogP contribution is -2.11. The smallest absolute Gasteiger partial charge is 0.357 e. The maximum Gasteiger partial charge on any atom is 0.357 e. The fourth-order valence-electron chi connectivity index (χ4n) is 2.48. The molecule has 2 N–H and O–H groups in total. The normalized spacial score (nSPS) is 10.7. The van der Waals surface area contributed by atoms with Crippen LogP contribution >= 0.6 is 11.6 Å². The molecule has 0 amide bonds. The molecule has 0 radical (unpaired) electrons. The van der Waals surface area contributed by atoms with Crippen molar-refractivity contribution in [2.75, 3.05) is 0 Å². The number of benzene rings is 2. The maximum atomic E-state index is 11.9. The summed E-state index contributed by atoms with van der Waals surface area (Å²) in [5.41, 5.74) is 3.84. The number of halogens is 1. The number of rotatable bonds is 2. The van der Waals surface area contributed by atoms with Crippen molar-refractivity contribution in [2.45, 2.75) is 6.92 Å². The molecule has 0 saturated heterocycles. The van der Waals surface area contributed by atoms with Crippen molar-refractivity contribution in [1.29, 1.82) is 0 Å². The molecule has 4 nitrogen and oxygen atoms in total. The average Bonchev–Trinajstić information content (AvgIpc) is 2.53. The molecule has 0 fully saturated rings. The Hall–Kier alpha value is -2.43. The van der Waals surface area contributed by atoms with E-state index >= 15 is 0 Å². The van der Waals surface area contributed by atoms with E-state index in [0.717, 1.165) is 27.6 Å². The Morgan fingerprint density at radius 2 is 1.95 bits per heavy atom. The molecule has 0 spiro atoms. The van der Waals surface area contributed by atoms with E-state index in [-0.39, 0.29) is 0 Å². The van der Waals surface area contributed by atoms with E-state index in [9.17, 15) is 4.79 Å². The molecule has 0 aliphatic heterocycles. The minimum Gasteiger partial charge on any atom is -0.370 e. The molecule has 0 bridgehead atoms. The Balaban J connectivity index is 2.32. The number of fused-ring (bicyclic) bond motifs is 1. The lowest BCUT2D eigenvalue weighted by Gasteiger charge is -2.11. The molecule has 110 valence electrons. The topological polar surface area (TPSA) is 65.2 Å². The number of nitrogens with two attached hydrogens (primary N) is 1. The van der Waals surface area contributed by atoms with Crippen LogP contribution in [0.5, 0.6) is 0 Å². The van der Waals surface area contributed by atoms with E-state index in [0.29, 0.717) is 10.6 Å². The van der Waals surface area contributed by atoms with Crippen LogP contribution in [0.25, 0.3) is 22.0 Å². The van der Waals surface area contributed by atoms with Gasteiger partial charge in [0.1, 0.15) is 0 Å². The van der Waals surface area contributed by atoms with Gasteiger partial charge in [-0.05, 0) is 42.3 Å². The molecule has 0 aliphatic carbocycles. The van der Waals surface area contributed by atoms with Crippen LogP contribution in [0, 0.1) is 6.92 Å². The summed E-state index contributed by atoms with van der Waals surface area (Å²) in [6.07, 6.45) is 1.69. The molecule has 0 unspecified atom stereocenters. The standard InChI is InChI=1S/C17H13ClN2O2/c1-10-2-4-14(17(21)22-19)15(8-10)12-6-7-20-16-9-11(18)3-5-13(12)16/h2-9H,19H2,1H3. The third-order valence-electron chi connectivity index (χ3n) is 3.50. The number of carbonyl (C=O) groups excluding carboxylic acids is 1. The Bertz CT molecular complexity index is 878. The quantitative estimate of drug-likeness (QED) is 0.729. The molecular formula is C17H13ClN2O2. The molecule has 0 saturated carbocycles. The number of pyridine rings is 1. The van der Waals surface area contributed by atoms with E-state index in [1.165, 1.54) is 0 Å². The minimum atomic E-state index is -0.575. The predicted octanol–water partition coefficient (Wildman–Crippen LogP) is 3.89. The van der Waals surface area contributed by atoms with E-state index in [2.05, 4.69) is 9.82 Å². The van der Waals surface area contributed by atoms with E-state index in [1.807, 2.05) is 31.2 Å². The first-order chi connectivity index (χ1) is 10.6. The first-order valence-corrected chi connectivity index (χ1v) is 7.04. The van der Waals surface area contributed by atoms with Gasteiger partial charge in [-0.1, -0.05) is 35.4 Å². The fraction of sp³-hybridized carbons (Fsp3) is 0.0588. The lowest BCUT2D eigenvalue weighted by atomic mass is 9.95. The molecular weight excluding hydrogens is 300 g/mol. The molecule has 1 aromatic heterocycles. The number of hydrogen-bond donors (Lipinski definition) is 1. The van der Waals surface area contributed by atoms with Crippen molar-refractivity contribution >= 4 is 28.5 Å². The maximum absolute atomic E-state index is 11.9. The zero-order valence-electron chi connectivity index (χ0n) is 11.8. The average molecular weight is 313 g/mol. The Morgan fingerprint density at radius 1 is 1.14 bits per heavy atom. The van der Waals surface area contributed by atoms with Gasteiger partial charge in [0.2, 0.25) is 0 Å². The third-order valence-corrected chi connectivity index (χ3v) is 3.73. The number of aromatic nitrogens is 1. The number of carbonyl (C=O) groups is 1. The number of aryl methyl sites for hydroxylation is 1. The van der Waals surface area contributed by atoms with Crippen LogP contribution in [0.2, 0.25) is 5.02 Å². The van der Waals surface area contributed by atoms with Crippen LogP contribution in [-0.4, -0.2) is 11.0 Å². The monoisotopic (exact) mass is 312 g/mol. The van der Waals surface area contributed by atoms with Crippen LogP contribution in [0.1, 0.15) is 15.9 Å². The summed E-state index contributed by atoms with van der Waals surface area (Å²) in [6.45, 7) is 1.96. The summed E-state index contributed by atoms with van der Waals surface area (Å²) < 4.78 is 0. The van der Waals surface area contributed by atoms with Gasteiger partial charge in [-0.3, -0.25) is 4.98 Å². The van der Waals surface area contributed by atoms with Gasteiger partial charge in [-0.15, -0.1) is 0 Å². The molecule has 3 rings (SSSR count). The second kappa shape index (κ2) is 5.75. The highest BCUT2D eigenvalue weighted by molar-refractivity contribution is 6.31. The first-order valence-electron chi connectivity index (χ1n) is 6.66. The van der Waals surface area contributed by atoms with Crippen molar-refractivity contribution in [3.63, 3.8) is 0 Å². The molecule has 3 aromatic rings. The second-order valence-electron chi connectivity index (χ2n) is 4.97. The summed E-state index contributed by atoms with van der Waals surface area (Å²) in [5.74, 6) is 4.47. The van der Waals surface area contributed by atoms with Gasteiger partial charge in [0.15, 0.2) is 0 Å². The van der Waals surface area contributed by atoms with Gasteiger partial charge in [-0.2, -0.15) is 5.90 Å². The van der Waals surface area contributed by atoms with Gasteiger partial charge >= 0.3 is 5.97 Å². The number of hydrogen-bond acceptors (Lipinski definition) is 4. The van der Waals surface area contributed by atoms with Crippen molar-refractivity contribution < 1.29 is 9.63 Å². The molecule has 22 heavy (non-hydrogen) atoms. The molecule has 2 aromatic carbocycles. The van der Waals surface area contributed by atoms with Crippen LogP contribution in [-0.2, 0) is 4.84 Å². The second-order valence-corrected chi connectivity index (χ2v) is 5.41. The molecule has 0 atom stereocenters. The van der Waals surface area contributed by atoms with Crippen molar-refractivity contribution in [3.05, 3.63) is 64.8 Å². The summed E-state index contributed by atoms with van der Waals surface area (Å²) in [5, 5.41) is 1.52. The molecule has 1 heterocycles. The Kier molecular flexibility index (Phi) is 3.79. The van der Waals surface area contributed by atoms with Gasteiger partial charge in [0, 0.05) is 16.6 Å². The van der Waals surface area contributed by atoms with Crippen LogP contribution in [0.4, 0.5) is 0 Å². The largest absolute Gasteiger partial charge is 0.370 e. The predicted molar refractivity (Wildman–Crippen MR) is 86.5 cm³/mol. The molecule has 5 heteroatoms. The van der Waals surface area contributed by atoms with Gasteiger partial charge in [-0.25, -0.2) is 4.79 Å². The highest BCUT2D eigenvalue weighted by Gasteiger charge is 2.16.